The molecule has 0 aliphatic heterocycles. The molecular weight excluding hydrogens is 502 g/mol. The molecule has 0 saturated heterocycles. The lowest BCUT2D eigenvalue weighted by atomic mass is 10.1. The summed E-state index contributed by atoms with van der Waals surface area (Å²) < 4.78 is 1.98. The number of phenolic OH excluding ortho intramolecular Hbond substituents is 1. The molecule has 5 rings (SSSR count). The second-order valence-electron chi connectivity index (χ2n) is 9.78. The van der Waals surface area contributed by atoms with Gasteiger partial charge in [-0.15, -0.1) is 0 Å². The second kappa shape index (κ2) is 11.9. The summed E-state index contributed by atoms with van der Waals surface area (Å²) in [5, 5.41) is 18.8. The van der Waals surface area contributed by atoms with Crippen LogP contribution in [-0.2, 0) is 17.8 Å². The molecule has 0 bridgehead atoms. The lowest BCUT2D eigenvalue weighted by Gasteiger charge is -2.12. The van der Waals surface area contributed by atoms with Crippen molar-refractivity contribution in [3.8, 4) is 28.4 Å². The maximum Gasteiger partial charge on any atom is 0.257 e. The smallest absolute Gasteiger partial charge is 0.257 e. The number of phenols is 1. The average molecular weight is 534 g/mol. The monoisotopic (exact) mass is 533 g/mol. The molecule has 5 aromatic rings. The minimum atomic E-state index is -0.900. The molecule has 2 aromatic heterocycles. The Balaban J connectivity index is 1.32. The summed E-state index contributed by atoms with van der Waals surface area (Å²) in [6.07, 6.45) is 4.12. The zero-order valence-electron chi connectivity index (χ0n) is 22.2. The number of aromatic nitrogens is 3. The van der Waals surface area contributed by atoms with Gasteiger partial charge in [0, 0.05) is 23.7 Å². The normalized spacial score (nSPS) is 11.8. The Hall–Kier alpha value is -4.82. The van der Waals surface area contributed by atoms with E-state index in [4.69, 9.17) is 10.8 Å². The van der Waals surface area contributed by atoms with Gasteiger partial charge in [0.25, 0.3) is 5.91 Å². The Morgan fingerprint density at radius 2 is 1.68 bits per heavy atom. The first-order chi connectivity index (χ1) is 19.4. The molecule has 1 unspecified atom stereocenters. The molecule has 8 heteroatoms. The van der Waals surface area contributed by atoms with Crippen LogP contribution < -0.4 is 11.1 Å². The maximum atomic E-state index is 12.8. The predicted octanol–water partition coefficient (Wildman–Crippen LogP) is 5.10. The van der Waals surface area contributed by atoms with Crippen molar-refractivity contribution in [1.82, 2.24) is 20.1 Å². The number of aryl methyl sites for hydroxylation is 1. The van der Waals surface area contributed by atoms with Crippen LogP contribution in [0, 0.1) is 0 Å². The molecule has 0 radical (unpaired) electrons. The van der Waals surface area contributed by atoms with Crippen molar-refractivity contribution in [3.05, 3.63) is 102 Å². The third-order valence-corrected chi connectivity index (χ3v) is 6.81. The van der Waals surface area contributed by atoms with Crippen LogP contribution in [0.3, 0.4) is 0 Å². The van der Waals surface area contributed by atoms with Crippen molar-refractivity contribution in [3.63, 3.8) is 0 Å². The zero-order chi connectivity index (χ0) is 28.1. The van der Waals surface area contributed by atoms with Crippen LogP contribution in [0.15, 0.2) is 91.1 Å². The van der Waals surface area contributed by atoms with Crippen LogP contribution in [0.5, 0.6) is 5.75 Å². The number of nitrogens with two attached hydrogens (primary N) is 1. The lowest BCUT2D eigenvalue weighted by molar-refractivity contribution is -0.121. The van der Waals surface area contributed by atoms with E-state index in [-0.39, 0.29) is 12.2 Å². The van der Waals surface area contributed by atoms with E-state index in [9.17, 15) is 14.7 Å². The standard InChI is InChI=1S/C32H31N5O3/c1-2-3-16-37-30(19-29(36-37)28-18-24-6-4-5-7-25(24)20-34-28)22-10-12-23(13-11-22)31(39)35-32(40)27(33)17-21-8-14-26(38)15-9-21/h4-15,18-20,27,38H,2-3,16-17,33H2,1H3,(H,35,39,40). The Labute approximate surface area is 232 Å². The van der Waals surface area contributed by atoms with Gasteiger partial charge in [0.05, 0.1) is 17.4 Å². The highest BCUT2D eigenvalue weighted by Gasteiger charge is 2.19. The summed E-state index contributed by atoms with van der Waals surface area (Å²) in [6, 6.07) is 24.8. The molecule has 0 fully saturated rings. The van der Waals surface area contributed by atoms with E-state index in [2.05, 4.69) is 23.3 Å². The molecular formula is C32H31N5O3. The average Bonchev–Trinajstić information content (AvgIpc) is 3.41. The fourth-order valence-electron chi connectivity index (χ4n) is 4.52. The van der Waals surface area contributed by atoms with Gasteiger partial charge in [-0.1, -0.05) is 61.9 Å². The number of pyridine rings is 1. The number of aromatic hydroxyl groups is 1. The maximum absolute atomic E-state index is 12.8. The summed E-state index contributed by atoms with van der Waals surface area (Å²) in [5.74, 6) is -0.944. The van der Waals surface area contributed by atoms with Gasteiger partial charge in [-0.05, 0) is 65.8 Å². The first-order valence-corrected chi connectivity index (χ1v) is 13.3. The summed E-state index contributed by atoms with van der Waals surface area (Å²) in [6.45, 7) is 2.90. The molecule has 0 saturated carbocycles. The summed E-state index contributed by atoms with van der Waals surface area (Å²) in [4.78, 5) is 29.9. The van der Waals surface area contributed by atoms with Crippen LogP contribution in [0.4, 0.5) is 0 Å². The van der Waals surface area contributed by atoms with Crippen molar-refractivity contribution in [1.29, 1.82) is 0 Å². The molecule has 0 aliphatic rings. The highest BCUT2D eigenvalue weighted by Crippen LogP contribution is 2.28. The molecule has 4 N–H and O–H groups in total. The summed E-state index contributed by atoms with van der Waals surface area (Å²) >= 11 is 0. The van der Waals surface area contributed by atoms with Crippen molar-refractivity contribution in [2.45, 2.75) is 38.8 Å². The van der Waals surface area contributed by atoms with Crippen molar-refractivity contribution >= 4 is 22.6 Å². The van der Waals surface area contributed by atoms with Gasteiger partial charge >= 0.3 is 0 Å². The third kappa shape index (κ3) is 6.08. The highest BCUT2D eigenvalue weighted by molar-refractivity contribution is 6.06. The fourth-order valence-corrected chi connectivity index (χ4v) is 4.52. The van der Waals surface area contributed by atoms with E-state index in [0.29, 0.717) is 5.56 Å². The SMILES string of the molecule is CCCCn1nc(-c2cc3ccccc3cn2)cc1-c1ccc(C(=O)NC(=O)C(N)Cc2ccc(O)cc2)cc1. The molecule has 0 spiro atoms. The van der Waals surface area contributed by atoms with E-state index < -0.39 is 17.9 Å². The third-order valence-electron chi connectivity index (χ3n) is 6.81. The van der Waals surface area contributed by atoms with Crippen LogP contribution >= 0.6 is 0 Å². The minimum Gasteiger partial charge on any atom is -0.508 e. The first-order valence-electron chi connectivity index (χ1n) is 13.3. The highest BCUT2D eigenvalue weighted by atomic mass is 16.3. The van der Waals surface area contributed by atoms with Crippen LogP contribution in [-0.4, -0.2) is 37.7 Å². The number of carbonyl (C=O) groups excluding carboxylic acids is 2. The number of amides is 2. The van der Waals surface area contributed by atoms with Gasteiger partial charge in [0.15, 0.2) is 0 Å². The largest absolute Gasteiger partial charge is 0.508 e. The van der Waals surface area contributed by atoms with Crippen LogP contribution in [0.2, 0.25) is 0 Å². The predicted molar refractivity (Wildman–Crippen MR) is 156 cm³/mol. The van der Waals surface area contributed by atoms with Crippen molar-refractivity contribution < 1.29 is 14.7 Å². The van der Waals surface area contributed by atoms with Crippen LogP contribution in [0.25, 0.3) is 33.4 Å². The molecule has 2 amide bonds. The minimum absolute atomic E-state index is 0.135. The van der Waals surface area contributed by atoms with Gasteiger partial charge < -0.3 is 10.8 Å². The second-order valence-corrected chi connectivity index (χ2v) is 9.78. The number of hydrogen-bond acceptors (Lipinski definition) is 6. The number of nitrogens with zero attached hydrogens (tertiary/aromatic N) is 3. The zero-order valence-corrected chi connectivity index (χ0v) is 22.2. The number of rotatable bonds is 9. The quantitative estimate of drug-likeness (QED) is 0.242. The number of imide groups is 1. The summed E-state index contributed by atoms with van der Waals surface area (Å²) in [7, 11) is 0. The van der Waals surface area contributed by atoms with E-state index in [1.807, 2.05) is 53.3 Å². The van der Waals surface area contributed by atoms with Gasteiger partial charge in [-0.3, -0.25) is 24.6 Å². The van der Waals surface area contributed by atoms with Gasteiger partial charge in [0.2, 0.25) is 5.91 Å². The molecule has 8 nitrogen and oxygen atoms in total. The molecule has 2 heterocycles. The number of hydrogen-bond donors (Lipinski definition) is 3. The molecule has 1 atom stereocenters. The number of fused-ring (bicyclic) bond motifs is 1. The Bertz CT molecular complexity index is 1640. The topological polar surface area (TPSA) is 123 Å². The van der Waals surface area contributed by atoms with Crippen molar-refractivity contribution in [2.75, 3.05) is 0 Å². The summed E-state index contributed by atoms with van der Waals surface area (Å²) in [5.41, 5.74) is 10.6. The molecule has 0 aliphatic carbocycles. The van der Waals surface area contributed by atoms with Crippen molar-refractivity contribution in [2.24, 2.45) is 5.73 Å². The molecule has 3 aromatic carbocycles. The number of nitrogens with one attached hydrogen (secondary N) is 1. The lowest BCUT2D eigenvalue weighted by Crippen LogP contribution is -2.44. The Morgan fingerprint density at radius 1 is 0.950 bits per heavy atom. The van der Waals surface area contributed by atoms with Gasteiger partial charge in [-0.25, -0.2) is 0 Å². The fraction of sp³-hybridized carbons (Fsp3) is 0.188. The Morgan fingerprint density at radius 3 is 2.40 bits per heavy atom. The first kappa shape index (κ1) is 26.8. The van der Waals surface area contributed by atoms with E-state index >= 15 is 0 Å². The number of carbonyl (C=O) groups is 2. The van der Waals surface area contributed by atoms with E-state index in [1.165, 1.54) is 12.1 Å². The Kier molecular flexibility index (Phi) is 7.98. The molecule has 40 heavy (non-hydrogen) atoms. The van der Waals surface area contributed by atoms with E-state index in [0.717, 1.165) is 58.4 Å². The number of unbranched alkanes of at least 4 members (excludes halogenated alkanes) is 1. The van der Waals surface area contributed by atoms with E-state index in [1.54, 1.807) is 24.3 Å². The molecule has 202 valence electrons. The van der Waals surface area contributed by atoms with Gasteiger partial charge in [0.1, 0.15) is 11.4 Å². The number of benzene rings is 3. The van der Waals surface area contributed by atoms with Gasteiger partial charge in [-0.2, -0.15) is 5.10 Å². The van der Waals surface area contributed by atoms with Crippen LogP contribution in [0.1, 0.15) is 35.7 Å².